The Morgan fingerprint density at radius 3 is 2.56 bits per heavy atom. The second-order valence-corrected chi connectivity index (χ2v) is 6.30. The monoisotopic (exact) mass is 256 g/mol. The number of hydrogen-bond acceptors (Lipinski definition) is 3. The molecule has 0 unspecified atom stereocenters. The molecule has 0 aromatic carbocycles. The SMILES string of the molecule is Cc1nc(C(C)(C)C)cc(-c2cccs2)c1C#N. The van der Waals surface area contributed by atoms with E-state index in [0.717, 1.165) is 21.8 Å². The number of aromatic nitrogens is 1. The third-order valence-electron chi connectivity index (χ3n) is 2.87. The molecule has 0 atom stereocenters. The highest BCUT2D eigenvalue weighted by atomic mass is 32.1. The lowest BCUT2D eigenvalue weighted by Gasteiger charge is -2.20. The average molecular weight is 256 g/mol. The maximum absolute atomic E-state index is 9.31. The topological polar surface area (TPSA) is 36.7 Å². The molecule has 0 fully saturated rings. The molecule has 0 saturated heterocycles. The molecule has 2 nitrogen and oxygen atoms in total. The molecular weight excluding hydrogens is 240 g/mol. The summed E-state index contributed by atoms with van der Waals surface area (Å²) in [5.41, 5.74) is 3.52. The Hall–Kier alpha value is -1.66. The fourth-order valence-corrected chi connectivity index (χ4v) is 2.57. The van der Waals surface area contributed by atoms with Crippen LogP contribution in [0.25, 0.3) is 10.4 Å². The van der Waals surface area contributed by atoms with Crippen molar-refractivity contribution in [3.8, 4) is 16.5 Å². The standard InChI is InChI=1S/C15H16N2S/c1-10-12(9-16)11(13-6-5-7-18-13)8-14(17-10)15(2,3)4/h5-8H,1-4H3. The summed E-state index contributed by atoms with van der Waals surface area (Å²) in [7, 11) is 0. The molecule has 2 heterocycles. The van der Waals surface area contributed by atoms with Crippen molar-refractivity contribution in [2.24, 2.45) is 0 Å². The first-order valence-corrected chi connectivity index (χ1v) is 6.77. The maximum Gasteiger partial charge on any atom is 0.102 e. The molecule has 0 radical (unpaired) electrons. The molecular formula is C15H16N2S. The second-order valence-electron chi connectivity index (χ2n) is 5.35. The largest absolute Gasteiger partial charge is 0.256 e. The van der Waals surface area contributed by atoms with Gasteiger partial charge in [-0.3, -0.25) is 4.98 Å². The lowest BCUT2D eigenvalue weighted by molar-refractivity contribution is 0.567. The number of thiophene rings is 1. The number of pyridine rings is 1. The summed E-state index contributed by atoms with van der Waals surface area (Å²) in [6.07, 6.45) is 0. The second kappa shape index (κ2) is 4.55. The van der Waals surface area contributed by atoms with Crippen molar-refractivity contribution >= 4 is 11.3 Å². The van der Waals surface area contributed by atoms with Gasteiger partial charge < -0.3 is 0 Å². The summed E-state index contributed by atoms with van der Waals surface area (Å²) in [4.78, 5) is 5.70. The fraction of sp³-hybridized carbons (Fsp3) is 0.333. The van der Waals surface area contributed by atoms with Crippen LogP contribution in [0.15, 0.2) is 23.6 Å². The van der Waals surface area contributed by atoms with E-state index in [1.807, 2.05) is 24.4 Å². The van der Waals surface area contributed by atoms with Crippen LogP contribution < -0.4 is 0 Å². The van der Waals surface area contributed by atoms with E-state index in [4.69, 9.17) is 0 Å². The van der Waals surface area contributed by atoms with Gasteiger partial charge in [0.05, 0.1) is 11.3 Å². The minimum atomic E-state index is -0.00917. The summed E-state index contributed by atoms with van der Waals surface area (Å²) in [5, 5.41) is 11.3. The van der Waals surface area contributed by atoms with E-state index in [1.54, 1.807) is 11.3 Å². The molecule has 0 spiro atoms. The Morgan fingerprint density at radius 1 is 1.33 bits per heavy atom. The van der Waals surface area contributed by atoms with E-state index in [9.17, 15) is 5.26 Å². The molecule has 2 aromatic heterocycles. The number of hydrogen-bond donors (Lipinski definition) is 0. The Balaban J connectivity index is 2.71. The molecule has 0 saturated carbocycles. The number of rotatable bonds is 1. The van der Waals surface area contributed by atoms with Gasteiger partial charge in [-0.25, -0.2) is 0 Å². The van der Waals surface area contributed by atoms with Crippen LogP contribution in [-0.4, -0.2) is 4.98 Å². The van der Waals surface area contributed by atoms with E-state index in [0.29, 0.717) is 5.56 Å². The predicted molar refractivity (Wildman–Crippen MR) is 75.7 cm³/mol. The Bertz CT molecular complexity index is 599. The Morgan fingerprint density at radius 2 is 2.06 bits per heavy atom. The van der Waals surface area contributed by atoms with Gasteiger partial charge in [0.1, 0.15) is 6.07 Å². The van der Waals surface area contributed by atoms with Crippen molar-refractivity contribution in [1.82, 2.24) is 4.98 Å². The lowest BCUT2D eigenvalue weighted by Crippen LogP contribution is -2.15. The van der Waals surface area contributed by atoms with Crippen LogP contribution in [0.1, 0.15) is 37.7 Å². The van der Waals surface area contributed by atoms with Gasteiger partial charge in [-0.2, -0.15) is 5.26 Å². The number of nitriles is 1. The van der Waals surface area contributed by atoms with Crippen molar-refractivity contribution in [3.05, 3.63) is 40.5 Å². The molecule has 0 amide bonds. The first-order chi connectivity index (χ1) is 8.43. The van der Waals surface area contributed by atoms with E-state index in [2.05, 4.69) is 37.9 Å². The maximum atomic E-state index is 9.31. The van der Waals surface area contributed by atoms with Crippen LogP contribution in [0, 0.1) is 18.3 Å². The van der Waals surface area contributed by atoms with E-state index >= 15 is 0 Å². The van der Waals surface area contributed by atoms with Crippen molar-refractivity contribution in [2.45, 2.75) is 33.1 Å². The van der Waals surface area contributed by atoms with E-state index in [-0.39, 0.29) is 5.41 Å². The van der Waals surface area contributed by atoms with E-state index in [1.165, 1.54) is 0 Å². The minimum absolute atomic E-state index is 0.00917. The molecule has 0 N–H and O–H groups in total. The summed E-state index contributed by atoms with van der Waals surface area (Å²) in [5.74, 6) is 0. The summed E-state index contributed by atoms with van der Waals surface area (Å²) in [6, 6.07) is 8.38. The van der Waals surface area contributed by atoms with Gasteiger partial charge in [0.15, 0.2) is 0 Å². The average Bonchev–Trinajstić information content (AvgIpc) is 2.79. The van der Waals surface area contributed by atoms with Crippen LogP contribution in [-0.2, 0) is 5.41 Å². The predicted octanol–water partition coefficient (Wildman–Crippen LogP) is 4.29. The first-order valence-electron chi connectivity index (χ1n) is 5.89. The smallest absolute Gasteiger partial charge is 0.102 e. The number of nitrogens with zero attached hydrogens (tertiary/aromatic N) is 2. The van der Waals surface area contributed by atoms with Gasteiger partial charge in [0.25, 0.3) is 0 Å². The molecule has 0 aliphatic rings. The molecule has 0 bridgehead atoms. The van der Waals surface area contributed by atoms with Crippen molar-refractivity contribution in [1.29, 1.82) is 5.26 Å². The van der Waals surface area contributed by atoms with Gasteiger partial charge in [0, 0.05) is 21.5 Å². The third-order valence-corrected chi connectivity index (χ3v) is 3.77. The zero-order valence-corrected chi connectivity index (χ0v) is 11.9. The molecule has 18 heavy (non-hydrogen) atoms. The summed E-state index contributed by atoms with van der Waals surface area (Å²) in [6.45, 7) is 8.32. The Labute approximate surface area is 112 Å². The lowest BCUT2D eigenvalue weighted by atomic mass is 9.89. The molecule has 3 heteroatoms. The quantitative estimate of drug-likeness (QED) is 0.763. The van der Waals surface area contributed by atoms with Crippen LogP contribution in [0.5, 0.6) is 0 Å². The highest BCUT2D eigenvalue weighted by Gasteiger charge is 2.20. The highest BCUT2D eigenvalue weighted by molar-refractivity contribution is 7.13. The Kier molecular flexibility index (Phi) is 3.23. The molecule has 0 aliphatic carbocycles. The fourth-order valence-electron chi connectivity index (χ4n) is 1.82. The van der Waals surface area contributed by atoms with Crippen LogP contribution in [0.4, 0.5) is 0 Å². The van der Waals surface area contributed by atoms with Gasteiger partial charge in [-0.15, -0.1) is 11.3 Å². The highest BCUT2D eigenvalue weighted by Crippen LogP contribution is 2.32. The van der Waals surface area contributed by atoms with Gasteiger partial charge in [-0.05, 0) is 24.4 Å². The van der Waals surface area contributed by atoms with Crippen molar-refractivity contribution < 1.29 is 0 Å². The van der Waals surface area contributed by atoms with Crippen LogP contribution in [0.3, 0.4) is 0 Å². The first kappa shape index (κ1) is 12.8. The molecule has 0 aliphatic heterocycles. The normalized spacial score (nSPS) is 11.3. The van der Waals surface area contributed by atoms with Crippen molar-refractivity contribution in [3.63, 3.8) is 0 Å². The zero-order chi connectivity index (χ0) is 13.3. The zero-order valence-electron chi connectivity index (χ0n) is 11.1. The molecule has 2 rings (SSSR count). The van der Waals surface area contributed by atoms with Crippen molar-refractivity contribution in [2.75, 3.05) is 0 Å². The van der Waals surface area contributed by atoms with Gasteiger partial charge >= 0.3 is 0 Å². The van der Waals surface area contributed by atoms with Gasteiger partial charge in [-0.1, -0.05) is 26.8 Å². The molecule has 92 valence electrons. The summed E-state index contributed by atoms with van der Waals surface area (Å²) >= 11 is 1.65. The summed E-state index contributed by atoms with van der Waals surface area (Å²) < 4.78 is 0. The third kappa shape index (κ3) is 2.30. The minimum Gasteiger partial charge on any atom is -0.256 e. The van der Waals surface area contributed by atoms with Gasteiger partial charge in [0.2, 0.25) is 0 Å². The van der Waals surface area contributed by atoms with Crippen LogP contribution >= 0.6 is 11.3 Å². The van der Waals surface area contributed by atoms with Crippen LogP contribution in [0.2, 0.25) is 0 Å². The molecule has 2 aromatic rings. The van der Waals surface area contributed by atoms with E-state index < -0.39 is 0 Å². The number of aryl methyl sites for hydroxylation is 1.